The summed E-state index contributed by atoms with van der Waals surface area (Å²) < 4.78 is 40.6. The van der Waals surface area contributed by atoms with Crippen molar-refractivity contribution < 1.29 is 17.2 Å². The molecular formula is C5H5NO4S2. The summed E-state index contributed by atoms with van der Waals surface area (Å²) in [4.78, 5) is 3.36. The van der Waals surface area contributed by atoms with Gasteiger partial charge in [0.05, 0.1) is 4.90 Å². The lowest BCUT2D eigenvalue weighted by atomic mass is 10.5. The standard InChI is InChI=1S/C5H5NO4S2/c7-11(8)12(9,10)5-1-3-6-4-2-5/h1-4H,(H,7,8). The molecule has 1 atom stereocenters. The maximum absolute atomic E-state index is 11.0. The van der Waals surface area contributed by atoms with Crippen molar-refractivity contribution in [3.8, 4) is 0 Å². The fourth-order valence-corrected chi connectivity index (χ4v) is 2.03. The maximum Gasteiger partial charge on any atom is 0.282 e. The topological polar surface area (TPSA) is 84.3 Å². The van der Waals surface area contributed by atoms with Gasteiger partial charge < -0.3 is 0 Å². The Labute approximate surface area is 71.1 Å². The van der Waals surface area contributed by atoms with Gasteiger partial charge in [0, 0.05) is 12.4 Å². The molecule has 0 spiro atoms. The van der Waals surface area contributed by atoms with Crippen LogP contribution in [0, 0.1) is 0 Å². The van der Waals surface area contributed by atoms with Crippen LogP contribution in [0.15, 0.2) is 29.4 Å². The second-order valence-corrected chi connectivity index (χ2v) is 5.84. The van der Waals surface area contributed by atoms with Crippen molar-refractivity contribution in [3.05, 3.63) is 24.5 Å². The zero-order valence-electron chi connectivity index (χ0n) is 5.75. The van der Waals surface area contributed by atoms with Gasteiger partial charge in [-0.2, -0.15) is 0 Å². The van der Waals surface area contributed by atoms with Crippen LogP contribution < -0.4 is 0 Å². The summed E-state index contributed by atoms with van der Waals surface area (Å²) in [6, 6.07) is 2.31. The smallest absolute Gasteiger partial charge is 0.282 e. The SMILES string of the molecule is O=S(O)S(=O)(=O)c1ccncc1. The highest BCUT2D eigenvalue weighted by Crippen LogP contribution is 2.10. The van der Waals surface area contributed by atoms with E-state index < -0.39 is 19.0 Å². The molecule has 7 heteroatoms. The lowest BCUT2D eigenvalue weighted by Crippen LogP contribution is -2.07. The lowest BCUT2D eigenvalue weighted by Gasteiger charge is -1.96. The third-order valence-corrected chi connectivity index (χ3v) is 4.05. The van der Waals surface area contributed by atoms with Gasteiger partial charge in [0.1, 0.15) is 0 Å². The van der Waals surface area contributed by atoms with Crippen LogP contribution in [0.5, 0.6) is 0 Å². The molecule has 1 aromatic rings. The van der Waals surface area contributed by atoms with E-state index in [2.05, 4.69) is 4.98 Å². The Hall–Kier alpha value is -0.790. The minimum Gasteiger partial charge on any atom is -0.294 e. The van der Waals surface area contributed by atoms with Crippen LogP contribution in [0.1, 0.15) is 0 Å². The lowest BCUT2D eigenvalue weighted by molar-refractivity contribution is 0.562. The highest BCUT2D eigenvalue weighted by molar-refractivity contribution is 8.62. The Morgan fingerprint density at radius 3 is 2.25 bits per heavy atom. The Balaban J connectivity index is 3.26. The van der Waals surface area contributed by atoms with Crippen molar-refractivity contribution in [1.82, 2.24) is 4.98 Å². The van der Waals surface area contributed by atoms with Crippen molar-refractivity contribution in [2.75, 3.05) is 0 Å². The van der Waals surface area contributed by atoms with Crippen molar-refractivity contribution in [1.29, 1.82) is 0 Å². The van der Waals surface area contributed by atoms with E-state index in [4.69, 9.17) is 4.55 Å². The molecule has 66 valence electrons. The second-order valence-electron chi connectivity index (χ2n) is 1.85. The first-order valence-corrected chi connectivity index (χ1v) is 5.92. The molecular weight excluding hydrogens is 202 g/mol. The van der Waals surface area contributed by atoms with Gasteiger partial charge in [-0.15, -0.1) is 0 Å². The Kier molecular flexibility index (Phi) is 2.55. The highest BCUT2D eigenvalue weighted by Gasteiger charge is 2.20. The molecule has 0 aliphatic carbocycles. The summed E-state index contributed by atoms with van der Waals surface area (Å²) in [7, 11) is -6.97. The van der Waals surface area contributed by atoms with Gasteiger partial charge in [-0.3, -0.25) is 9.54 Å². The average molecular weight is 207 g/mol. The summed E-state index contributed by atoms with van der Waals surface area (Å²) in [6.07, 6.45) is 2.47. The molecule has 1 aromatic heterocycles. The van der Waals surface area contributed by atoms with E-state index in [1.54, 1.807) is 0 Å². The molecule has 0 fully saturated rings. The third-order valence-electron chi connectivity index (χ3n) is 1.13. The average Bonchev–Trinajstić information content (AvgIpc) is 2.06. The van der Waals surface area contributed by atoms with Crippen molar-refractivity contribution >= 4 is 19.0 Å². The van der Waals surface area contributed by atoms with Crippen molar-refractivity contribution in [2.45, 2.75) is 4.90 Å². The maximum atomic E-state index is 11.0. The van der Waals surface area contributed by atoms with Crippen LogP contribution in [0.2, 0.25) is 0 Å². The zero-order valence-corrected chi connectivity index (χ0v) is 7.38. The minimum absolute atomic E-state index is 0.210. The third kappa shape index (κ3) is 1.68. The minimum atomic E-state index is -4.09. The molecule has 0 aromatic carbocycles. The number of nitrogens with zero attached hydrogens (tertiary/aromatic N) is 1. The van der Waals surface area contributed by atoms with Gasteiger partial charge >= 0.3 is 0 Å². The van der Waals surface area contributed by atoms with E-state index in [-0.39, 0.29) is 4.90 Å². The van der Waals surface area contributed by atoms with E-state index in [1.807, 2.05) is 0 Å². The number of rotatable bonds is 2. The molecule has 0 saturated carbocycles. The van der Waals surface area contributed by atoms with Crippen molar-refractivity contribution in [3.63, 3.8) is 0 Å². The molecule has 0 bridgehead atoms. The van der Waals surface area contributed by atoms with Gasteiger partial charge in [0.2, 0.25) is 0 Å². The second kappa shape index (κ2) is 3.30. The summed E-state index contributed by atoms with van der Waals surface area (Å²) in [5.41, 5.74) is 0. The van der Waals surface area contributed by atoms with E-state index >= 15 is 0 Å². The summed E-state index contributed by atoms with van der Waals surface area (Å²) >= 11 is 0. The first-order valence-electron chi connectivity index (χ1n) is 2.81. The van der Waals surface area contributed by atoms with Crippen LogP contribution in [-0.4, -0.2) is 22.2 Å². The van der Waals surface area contributed by atoms with Gasteiger partial charge in [-0.1, -0.05) is 0 Å². The molecule has 0 aliphatic heterocycles. The van der Waals surface area contributed by atoms with E-state index in [0.29, 0.717) is 0 Å². The molecule has 1 rings (SSSR count). The molecule has 1 unspecified atom stereocenters. The fraction of sp³-hybridized carbons (Fsp3) is 0. The van der Waals surface area contributed by atoms with Crippen LogP contribution in [0.3, 0.4) is 0 Å². The number of hydrogen-bond donors (Lipinski definition) is 1. The Bertz CT molecular complexity index is 385. The van der Waals surface area contributed by atoms with Crippen LogP contribution in [-0.2, 0) is 19.0 Å². The van der Waals surface area contributed by atoms with Crippen LogP contribution >= 0.6 is 0 Å². The Morgan fingerprint density at radius 1 is 1.33 bits per heavy atom. The first-order chi connectivity index (χ1) is 5.55. The van der Waals surface area contributed by atoms with Gasteiger partial charge in [-0.25, -0.2) is 12.6 Å². The molecule has 5 nitrogen and oxygen atoms in total. The van der Waals surface area contributed by atoms with Crippen LogP contribution in [0.4, 0.5) is 0 Å². The number of hydrogen-bond acceptors (Lipinski definition) is 4. The largest absolute Gasteiger partial charge is 0.294 e. The predicted molar refractivity (Wildman–Crippen MR) is 42.2 cm³/mol. The monoisotopic (exact) mass is 207 g/mol. The highest BCUT2D eigenvalue weighted by atomic mass is 33.2. The van der Waals surface area contributed by atoms with Crippen molar-refractivity contribution in [2.24, 2.45) is 0 Å². The first kappa shape index (κ1) is 9.30. The summed E-state index contributed by atoms with van der Waals surface area (Å²) in [5.74, 6) is 0. The normalized spacial score (nSPS) is 14.1. The molecule has 0 radical (unpaired) electrons. The Morgan fingerprint density at radius 2 is 1.83 bits per heavy atom. The molecule has 12 heavy (non-hydrogen) atoms. The predicted octanol–water partition coefficient (Wildman–Crippen LogP) is -0.00800. The van der Waals surface area contributed by atoms with Gasteiger partial charge in [0.25, 0.3) is 19.0 Å². The van der Waals surface area contributed by atoms with E-state index in [9.17, 15) is 12.6 Å². The zero-order chi connectivity index (χ0) is 9.19. The van der Waals surface area contributed by atoms with E-state index in [1.165, 1.54) is 12.4 Å². The molecule has 1 N–H and O–H groups in total. The fourth-order valence-electron chi connectivity index (χ4n) is 0.587. The summed E-state index contributed by atoms with van der Waals surface area (Å²) in [5, 5.41) is 0. The number of aromatic nitrogens is 1. The quantitative estimate of drug-likeness (QED) is 0.544. The van der Waals surface area contributed by atoms with Crippen LogP contribution in [0.25, 0.3) is 0 Å². The summed E-state index contributed by atoms with van der Waals surface area (Å²) in [6.45, 7) is 0. The van der Waals surface area contributed by atoms with E-state index in [0.717, 1.165) is 12.1 Å². The molecule has 1 heterocycles. The molecule has 0 saturated heterocycles. The number of pyridine rings is 1. The molecule has 0 amide bonds. The molecule has 0 aliphatic rings. The van der Waals surface area contributed by atoms with Gasteiger partial charge in [0.15, 0.2) is 0 Å². The van der Waals surface area contributed by atoms with Gasteiger partial charge in [-0.05, 0) is 12.1 Å².